The third-order valence-electron chi connectivity index (χ3n) is 4.31. The molecule has 2 aromatic rings. The Bertz CT molecular complexity index is 794. The van der Waals surface area contributed by atoms with Gasteiger partial charge in [0.25, 0.3) is 0 Å². The molecule has 0 spiro atoms. The average Bonchev–Trinajstić information content (AvgIpc) is 2.62. The van der Waals surface area contributed by atoms with Gasteiger partial charge in [0.1, 0.15) is 5.75 Å². The first kappa shape index (κ1) is 20.7. The number of benzene rings is 2. The Hall–Kier alpha value is -2.62. The van der Waals surface area contributed by atoms with Gasteiger partial charge in [-0.1, -0.05) is 49.7 Å². The molecule has 0 aromatic heterocycles. The lowest BCUT2D eigenvalue weighted by atomic mass is 9.87. The Morgan fingerprint density at radius 2 is 1.70 bits per heavy atom. The van der Waals surface area contributed by atoms with Crippen LogP contribution in [0.3, 0.4) is 0 Å². The van der Waals surface area contributed by atoms with Crippen molar-refractivity contribution in [2.24, 2.45) is 5.92 Å². The minimum absolute atomic E-state index is 0.284. The van der Waals surface area contributed by atoms with Crippen LogP contribution in [0.25, 0.3) is 0 Å². The van der Waals surface area contributed by atoms with Gasteiger partial charge in [0, 0.05) is 5.56 Å². The van der Waals surface area contributed by atoms with E-state index in [0.717, 1.165) is 11.1 Å². The van der Waals surface area contributed by atoms with Crippen LogP contribution in [0.4, 0.5) is 0 Å². The third kappa shape index (κ3) is 5.43. The molecule has 1 unspecified atom stereocenters. The van der Waals surface area contributed by atoms with E-state index >= 15 is 0 Å². The van der Waals surface area contributed by atoms with Crippen molar-refractivity contribution in [3.63, 3.8) is 0 Å². The quantitative estimate of drug-likeness (QED) is 0.497. The van der Waals surface area contributed by atoms with Gasteiger partial charge in [0.15, 0.2) is 0 Å². The molecule has 1 atom stereocenters. The smallest absolute Gasteiger partial charge is 0.343 e. The number of aryl methyl sites for hydroxylation is 2. The van der Waals surface area contributed by atoms with Gasteiger partial charge in [-0.2, -0.15) is 0 Å². The van der Waals surface area contributed by atoms with Crippen LogP contribution in [0.5, 0.6) is 5.75 Å². The molecule has 0 aliphatic rings. The number of esters is 2. The lowest BCUT2D eigenvalue weighted by Gasteiger charge is -2.22. The second-order valence-electron chi connectivity index (χ2n) is 7.19. The first-order valence-corrected chi connectivity index (χ1v) is 9.38. The maximum absolute atomic E-state index is 12.6. The molecule has 0 bridgehead atoms. The van der Waals surface area contributed by atoms with Gasteiger partial charge in [-0.05, 0) is 50.8 Å². The summed E-state index contributed by atoms with van der Waals surface area (Å²) in [6.07, 6.45) is 0.623. The van der Waals surface area contributed by atoms with E-state index in [2.05, 4.69) is 13.8 Å². The molecule has 0 aliphatic heterocycles. The van der Waals surface area contributed by atoms with Crippen LogP contribution >= 0.6 is 0 Å². The van der Waals surface area contributed by atoms with E-state index in [1.807, 2.05) is 32.0 Å². The van der Waals surface area contributed by atoms with Crippen LogP contribution < -0.4 is 4.74 Å². The fourth-order valence-corrected chi connectivity index (χ4v) is 3.18. The number of carbonyl (C=O) groups is 2. The van der Waals surface area contributed by atoms with Crippen molar-refractivity contribution in [3.05, 3.63) is 64.7 Å². The number of ether oxygens (including phenoxy) is 2. The maximum Gasteiger partial charge on any atom is 0.343 e. The Morgan fingerprint density at radius 1 is 1.04 bits per heavy atom. The molecule has 4 heteroatoms. The summed E-state index contributed by atoms with van der Waals surface area (Å²) in [6.45, 7) is 10.1. The molecule has 0 heterocycles. The highest BCUT2D eigenvalue weighted by atomic mass is 16.5. The summed E-state index contributed by atoms with van der Waals surface area (Å²) in [5, 5.41) is 0. The van der Waals surface area contributed by atoms with Crippen molar-refractivity contribution in [2.75, 3.05) is 6.61 Å². The van der Waals surface area contributed by atoms with E-state index in [1.54, 1.807) is 31.2 Å². The zero-order chi connectivity index (χ0) is 20.0. The second kappa shape index (κ2) is 9.36. The van der Waals surface area contributed by atoms with Crippen LogP contribution in [0.1, 0.15) is 60.2 Å². The zero-order valence-electron chi connectivity index (χ0n) is 16.7. The summed E-state index contributed by atoms with van der Waals surface area (Å²) in [5.74, 6) is -0.447. The lowest BCUT2D eigenvalue weighted by molar-refractivity contribution is -0.145. The van der Waals surface area contributed by atoms with Crippen molar-refractivity contribution >= 4 is 11.9 Å². The molecule has 27 heavy (non-hydrogen) atoms. The standard InChI is InChI=1S/C23H28O4/c1-6-26-23(25)20(12-15(2)3)19-14-16(4)13-17(5)21(19)27-22(24)18-10-8-7-9-11-18/h7-11,13-15,20H,6,12H2,1-5H3. The molecule has 0 amide bonds. The SMILES string of the molecule is CCOC(=O)C(CC(C)C)c1cc(C)cc(C)c1OC(=O)c1ccccc1. The molecule has 0 aliphatic carbocycles. The van der Waals surface area contributed by atoms with Gasteiger partial charge in [-0.3, -0.25) is 4.79 Å². The number of hydrogen-bond donors (Lipinski definition) is 0. The highest BCUT2D eigenvalue weighted by Gasteiger charge is 2.28. The largest absolute Gasteiger partial charge is 0.466 e. The molecule has 0 saturated carbocycles. The minimum Gasteiger partial charge on any atom is -0.466 e. The summed E-state index contributed by atoms with van der Waals surface area (Å²) < 4.78 is 11.1. The monoisotopic (exact) mass is 368 g/mol. The molecule has 0 N–H and O–H groups in total. The summed E-state index contributed by atoms with van der Waals surface area (Å²) in [7, 11) is 0. The van der Waals surface area contributed by atoms with Crippen LogP contribution in [0.15, 0.2) is 42.5 Å². The maximum atomic E-state index is 12.6. The van der Waals surface area contributed by atoms with Crippen molar-refractivity contribution in [3.8, 4) is 5.75 Å². The molecule has 144 valence electrons. The van der Waals surface area contributed by atoms with Gasteiger partial charge < -0.3 is 9.47 Å². The zero-order valence-corrected chi connectivity index (χ0v) is 16.7. The molecular weight excluding hydrogens is 340 g/mol. The Morgan fingerprint density at radius 3 is 2.30 bits per heavy atom. The summed E-state index contributed by atoms with van der Waals surface area (Å²) >= 11 is 0. The molecule has 0 radical (unpaired) electrons. The van der Waals surface area contributed by atoms with Crippen LogP contribution in [-0.4, -0.2) is 18.5 Å². The lowest BCUT2D eigenvalue weighted by Crippen LogP contribution is -2.20. The average molecular weight is 368 g/mol. The first-order valence-electron chi connectivity index (χ1n) is 9.38. The van der Waals surface area contributed by atoms with E-state index in [-0.39, 0.29) is 11.9 Å². The van der Waals surface area contributed by atoms with Gasteiger partial charge in [-0.15, -0.1) is 0 Å². The Kier molecular flexibility index (Phi) is 7.17. The fourth-order valence-electron chi connectivity index (χ4n) is 3.18. The fraction of sp³-hybridized carbons (Fsp3) is 0.391. The van der Waals surface area contributed by atoms with Crippen LogP contribution in [-0.2, 0) is 9.53 Å². The Labute approximate surface area is 161 Å². The van der Waals surface area contributed by atoms with Crippen molar-refractivity contribution in [2.45, 2.75) is 47.0 Å². The van der Waals surface area contributed by atoms with E-state index in [4.69, 9.17) is 9.47 Å². The van der Waals surface area contributed by atoms with E-state index in [0.29, 0.717) is 29.9 Å². The minimum atomic E-state index is -0.470. The summed E-state index contributed by atoms with van der Waals surface area (Å²) in [5.41, 5.74) is 3.02. The number of carbonyl (C=O) groups excluding carboxylic acids is 2. The van der Waals surface area contributed by atoms with E-state index in [1.165, 1.54) is 0 Å². The predicted molar refractivity (Wildman–Crippen MR) is 106 cm³/mol. The van der Waals surface area contributed by atoms with E-state index in [9.17, 15) is 9.59 Å². The third-order valence-corrected chi connectivity index (χ3v) is 4.31. The normalized spacial score (nSPS) is 11.9. The molecule has 0 saturated heterocycles. The van der Waals surface area contributed by atoms with E-state index < -0.39 is 11.9 Å². The highest BCUT2D eigenvalue weighted by molar-refractivity contribution is 5.91. The number of rotatable bonds is 7. The van der Waals surface area contributed by atoms with Gasteiger partial charge in [0.2, 0.25) is 0 Å². The first-order chi connectivity index (χ1) is 12.8. The molecule has 0 fully saturated rings. The predicted octanol–water partition coefficient (Wildman–Crippen LogP) is 5.22. The summed E-state index contributed by atoms with van der Waals surface area (Å²) in [6, 6.07) is 12.7. The molecule has 4 nitrogen and oxygen atoms in total. The van der Waals surface area contributed by atoms with Gasteiger partial charge in [-0.25, -0.2) is 4.79 Å². The van der Waals surface area contributed by atoms with Gasteiger partial charge >= 0.3 is 11.9 Å². The topological polar surface area (TPSA) is 52.6 Å². The van der Waals surface area contributed by atoms with Crippen LogP contribution in [0.2, 0.25) is 0 Å². The molecule has 2 aromatic carbocycles. The highest BCUT2D eigenvalue weighted by Crippen LogP contribution is 2.36. The second-order valence-corrected chi connectivity index (χ2v) is 7.19. The van der Waals surface area contributed by atoms with Gasteiger partial charge in [0.05, 0.1) is 18.1 Å². The summed E-state index contributed by atoms with van der Waals surface area (Å²) in [4.78, 5) is 25.3. The van der Waals surface area contributed by atoms with Crippen molar-refractivity contribution < 1.29 is 19.1 Å². The van der Waals surface area contributed by atoms with Crippen molar-refractivity contribution in [1.29, 1.82) is 0 Å². The van der Waals surface area contributed by atoms with Crippen LogP contribution in [0, 0.1) is 19.8 Å². The Balaban J connectivity index is 2.47. The molecule has 2 rings (SSSR count). The number of hydrogen-bond acceptors (Lipinski definition) is 4. The molecular formula is C23H28O4. The van der Waals surface area contributed by atoms with Crippen molar-refractivity contribution in [1.82, 2.24) is 0 Å².